The number of halogens is 1. The highest BCUT2D eigenvalue weighted by Crippen LogP contribution is 2.23. The number of hydrogen-bond acceptors (Lipinski definition) is 3. The Labute approximate surface area is 169 Å². The Hall–Kier alpha value is 0.0469. The fourth-order valence-electron chi connectivity index (χ4n) is 2.45. The van der Waals surface area contributed by atoms with Crippen LogP contribution in [0.4, 0.5) is 0 Å². The van der Waals surface area contributed by atoms with Crippen LogP contribution in [0.5, 0.6) is 0 Å². The van der Waals surface area contributed by atoms with Gasteiger partial charge in [-0.05, 0) is 59.9 Å². The van der Waals surface area contributed by atoms with Crippen LogP contribution in [-0.4, -0.2) is 28.6 Å². The average Bonchev–Trinajstić information content (AvgIpc) is 2.61. The van der Waals surface area contributed by atoms with E-state index >= 15 is 0 Å². The second-order valence-electron chi connectivity index (χ2n) is 6.38. The summed E-state index contributed by atoms with van der Waals surface area (Å²) < 4.78 is 20.3. The Kier molecular flexibility index (Phi) is 13.1. The summed E-state index contributed by atoms with van der Waals surface area (Å²) in [6.07, 6.45) is 7.53. The van der Waals surface area contributed by atoms with Gasteiger partial charge in [-0.1, -0.05) is 58.2 Å². The Bertz CT molecular complexity index is 430. The van der Waals surface area contributed by atoms with Gasteiger partial charge in [0.2, 0.25) is 0 Å². The predicted molar refractivity (Wildman–Crippen MR) is 116 cm³/mol. The van der Waals surface area contributed by atoms with Crippen LogP contribution in [0.25, 0.3) is 0 Å². The summed E-state index contributed by atoms with van der Waals surface area (Å²) in [7, 11) is -2.62. The van der Waals surface area contributed by atoms with E-state index in [9.17, 15) is 0 Å². The molecule has 25 heavy (non-hydrogen) atoms. The van der Waals surface area contributed by atoms with Crippen molar-refractivity contribution in [2.45, 2.75) is 71.8 Å². The quantitative estimate of drug-likeness (QED) is 0.170. The van der Waals surface area contributed by atoms with Crippen LogP contribution in [0, 0.1) is 3.57 Å². The zero-order valence-corrected chi connectivity index (χ0v) is 19.3. The van der Waals surface area contributed by atoms with Crippen molar-refractivity contribution in [1.29, 1.82) is 0 Å². The van der Waals surface area contributed by atoms with Crippen molar-refractivity contribution in [3.05, 3.63) is 33.4 Å². The molecular weight excluding hydrogens is 443 g/mol. The Balaban J connectivity index is 2.79. The van der Waals surface area contributed by atoms with Crippen molar-refractivity contribution in [2.75, 3.05) is 19.8 Å². The third kappa shape index (κ3) is 9.52. The maximum absolute atomic E-state index is 6.32. The first-order chi connectivity index (χ1) is 12.2. The van der Waals surface area contributed by atoms with Gasteiger partial charge in [-0.3, -0.25) is 0 Å². The van der Waals surface area contributed by atoms with Crippen molar-refractivity contribution in [3.8, 4) is 0 Å². The first kappa shape index (κ1) is 23.1. The molecule has 0 spiro atoms. The lowest BCUT2D eigenvalue weighted by molar-refractivity contribution is 0.0563. The summed E-state index contributed by atoms with van der Waals surface area (Å²) in [6.45, 7) is 8.80. The minimum Gasteiger partial charge on any atom is -0.373 e. The third-order valence-electron chi connectivity index (χ3n) is 4.12. The highest BCUT2D eigenvalue weighted by molar-refractivity contribution is 14.1. The summed E-state index contributed by atoms with van der Waals surface area (Å²) in [5, 5.41) is 0. The second-order valence-corrected chi connectivity index (χ2v) is 10.3. The molecule has 0 bridgehead atoms. The molecular formula is C20H35IO3Si. The van der Waals surface area contributed by atoms with E-state index in [0.29, 0.717) is 0 Å². The zero-order chi connectivity index (χ0) is 18.4. The molecule has 5 heteroatoms. The molecule has 0 aliphatic rings. The van der Waals surface area contributed by atoms with Crippen molar-refractivity contribution < 1.29 is 13.3 Å². The van der Waals surface area contributed by atoms with Gasteiger partial charge in [-0.25, -0.2) is 0 Å². The fraction of sp³-hybridized carbons (Fsp3) is 0.700. The number of unbranched alkanes of at least 4 members (excludes halogenated alkanes) is 3. The molecule has 0 aliphatic carbocycles. The van der Waals surface area contributed by atoms with Crippen LogP contribution in [0.1, 0.15) is 64.9 Å². The van der Waals surface area contributed by atoms with E-state index in [4.69, 9.17) is 13.3 Å². The number of hydrogen-bond donors (Lipinski definition) is 0. The molecule has 0 aromatic heterocycles. The van der Waals surface area contributed by atoms with Gasteiger partial charge in [0.15, 0.2) is 0 Å². The summed E-state index contributed by atoms with van der Waals surface area (Å²) >= 11 is 2.41. The number of rotatable bonds is 15. The third-order valence-corrected chi connectivity index (χ3v) is 7.96. The first-order valence-corrected chi connectivity index (χ1v) is 12.8. The minimum absolute atomic E-state index is 0.743. The standard InChI is InChI=1S/C20H35IO3Si/c1-4-7-15-22-25(23-16-8-5-2,24-17-9-6-3)18-14-19-12-10-11-13-20(19)21/h10-13H,4-9,14-18H2,1-3H3. The van der Waals surface area contributed by atoms with Gasteiger partial charge in [-0.2, -0.15) is 0 Å². The molecule has 0 saturated heterocycles. The Morgan fingerprint density at radius 3 is 1.72 bits per heavy atom. The maximum atomic E-state index is 6.32. The molecule has 1 aromatic carbocycles. The molecule has 144 valence electrons. The summed E-state index contributed by atoms with van der Waals surface area (Å²) in [4.78, 5) is 0. The van der Waals surface area contributed by atoms with E-state index in [0.717, 1.165) is 70.8 Å². The summed E-state index contributed by atoms with van der Waals surface area (Å²) in [5.41, 5.74) is 1.36. The van der Waals surface area contributed by atoms with Crippen molar-refractivity contribution in [2.24, 2.45) is 0 Å². The van der Waals surface area contributed by atoms with E-state index in [1.54, 1.807) is 0 Å². The number of aryl methyl sites for hydroxylation is 1. The van der Waals surface area contributed by atoms with Crippen LogP contribution in [0.3, 0.4) is 0 Å². The largest absolute Gasteiger partial charge is 0.501 e. The molecule has 0 atom stereocenters. The lowest BCUT2D eigenvalue weighted by Crippen LogP contribution is -2.47. The molecule has 3 nitrogen and oxygen atoms in total. The van der Waals surface area contributed by atoms with Gasteiger partial charge >= 0.3 is 8.80 Å². The molecule has 0 aliphatic heterocycles. The van der Waals surface area contributed by atoms with Gasteiger partial charge in [0.05, 0.1) is 0 Å². The molecule has 1 aromatic rings. The topological polar surface area (TPSA) is 27.7 Å². The predicted octanol–water partition coefficient (Wildman–Crippen LogP) is 6.22. The van der Waals surface area contributed by atoms with Crippen molar-refractivity contribution >= 4 is 31.4 Å². The van der Waals surface area contributed by atoms with Gasteiger partial charge in [-0.15, -0.1) is 0 Å². The maximum Gasteiger partial charge on any atom is 0.501 e. The molecule has 0 heterocycles. The second kappa shape index (κ2) is 14.1. The van der Waals surface area contributed by atoms with Gasteiger partial charge < -0.3 is 13.3 Å². The average molecular weight is 478 g/mol. The molecule has 0 unspecified atom stereocenters. The van der Waals surface area contributed by atoms with Gasteiger partial charge in [0, 0.05) is 29.4 Å². The van der Waals surface area contributed by atoms with Crippen molar-refractivity contribution in [1.82, 2.24) is 0 Å². The van der Waals surface area contributed by atoms with Crippen LogP contribution in [-0.2, 0) is 19.7 Å². The van der Waals surface area contributed by atoms with E-state index in [-0.39, 0.29) is 0 Å². The monoisotopic (exact) mass is 478 g/mol. The normalized spacial score (nSPS) is 11.8. The molecule has 1 rings (SSSR count). The molecule has 0 radical (unpaired) electrons. The Morgan fingerprint density at radius 2 is 1.28 bits per heavy atom. The van der Waals surface area contributed by atoms with E-state index in [2.05, 4.69) is 67.6 Å². The lowest BCUT2D eigenvalue weighted by atomic mass is 10.2. The highest BCUT2D eigenvalue weighted by atomic mass is 127. The molecule has 0 fully saturated rings. The van der Waals surface area contributed by atoms with Crippen LogP contribution < -0.4 is 0 Å². The van der Waals surface area contributed by atoms with E-state index in [1.165, 1.54) is 9.13 Å². The minimum atomic E-state index is -2.62. The van der Waals surface area contributed by atoms with Crippen LogP contribution in [0.15, 0.2) is 24.3 Å². The van der Waals surface area contributed by atoms with Crippen LogP contribution >= 0.6 is 22.6 Å². The van der Waals surface area contributed by atoms with E-state index < -0.39 is 8.80 Å². The highest BCUT2D eigenvalue weighted by Gasteiger charge is 2.40. The number of benzene rings is 1. The van der Waals surface area contributed by atoms with Crippen molar-refractivity contribution in [3.63, 3.8) is 0 Å². The SMILES string of the molecule is CCCCO[Si](CCc1ccccc1I)(OCCCC)OCCCC. The first-order valence-electron chi connectivity index (χ1n) is 9.82. The molecule has 0 amide bonds. The van der Waals surface area contributed by atoms with Crippen LogP contribution in [0.2, 0.25) is 6.04 Å². The smallest absolute Gasteiger partial charge is 0.373 e. The van der Waals surface area contributed by atoms with Gasteiger partial charge in [0.25, 0.3) is 0 Å². The Morgan fingerprint density at radius 1 is 0.800 bits per heavy atom. The molecule has 0 N–H and O–H groups in total. The summed E-state index contributed by atoms with van der Waals surface area (Å²) in [6, 6.07) is 9.42. The van der Waals surface area contributed by atoms with Gasteiger partial charge in [0.1, 0.15) is 0 Å². The fourth-order valence-corrected chi connectivity index (χ4v) is 5.73. The van der Waals surface area contributed by atoms with E-state index in [1.807, 2.05) is 0 Å². The zero-order valence-electron chi connectivity index (χ0n) is 16.2. The summed E-state index contributed by atoms with van der Waals surface area (Å²) in [5.74, 6) is 0. The lowest BCUT2D eigenvalue weighted by Gasteiger charge is -2.30. The molecule has 0 saturated carbocycles.